The molecule has 0 aliphatic carbocycles. The summed E-state index contributed by atoms with van der Waals surface area (Å²) >= 11 is 0. The fourth-order valence-electron chi connectivity index (χ4n) is 0.489. The van der Waals surface area contributed by atoms with Crippen LogP contribution in [0.1, 0.15) is 10.5 Å². The molecule has 1 rings (SSSR count). The molecule has 1 N–H and O–H groups in total. The van der Waals surface area contributed by atoms with Crippen LogP contribution in [0.2, 0.25) is 0 Å². The fourth-order valence-corrected chi connectivity index (χ4v) is 0.489. The summed E-state index contributed by atoms with van der Waals surface area (Å²) in [7, 11) is 0. The van der Waals surface area contributed by atoms with E-state index in [9.17, 15) is 4.79 Å². The summed E-state index contributed by atoms with van der Waals surface area (Å²) < 4.78 is 0. The molecule has 0 aromatic carbocycles. The van der Waals surface area contributed by atoms with Crippen molar-refractivity contribution in [2.45, 2.75) is 0 Å². The number of pyridine rings is 1. The third-order valence-corrected chi connectivity index (χ3v) is 0.884. The SMILES string of the molecule is O=C(O)c1ccccn1.[CsH]. The topological polar surface area (TPSA) is 50.2 Å². The molecule has 1 aromatic heterocycles. The zero-order chi connectivity index (χ0) is 6.69. The number of aromatic nitrogens is 1. The number of nitrogens with zero attached hydrogens (tertiary/aromatic N) is 1. The maximum absolute atomic E-state index is 10.1. The Morgan fingerprint density at radius 1 is 1.50 bits per heavy atom. The minimum absolute atomic E-state index is 0. The van der Waals surface area contributed by atoms with E-state index in [2.05, 4.69) is 4.98 Å². The summed E-state index contributed by atoms with van der Waals surface area (Å²) in [5.41, 5.74) is 0.0810. The van der Waals surface area contributed by atoms with Gasteiger partial charge in [0.2, 0.25) is 0 Å². The molecule has 0 amide bonds. The van der Waals surface area contributed by atoms with Crippen molar-refractivity contribution in [3.05, 3.63) is 30.1 Å². The molecule has 0 aliphatic rings. The van der Waals surface area contributed by atoms with Gasteiger partial charge in [0.25, 0.3) is 0 Å². The van der Waals surface area contributed by atoms with Crippen molar-refractivity contribution < 1.29 is 9.90 Å². The molecule has 1 heterocycles. The Morgan fingerprint density at radius 2 is 2.20 bits per heavy atom. The number of hydrogen-bond donors (Lipinski definition) is 1. The van der Waals surface area contributed by atoms with Gasteiger partial charge >= 0.3 is 74.9 Å². The number of carbonyl (C=O) groups is 1. The first-order valence-electron chi connectivity index (χ1n) is 2.45. The van der Waals surface area contributed by atoms with E-state index in [0.717, 1.165) is 0 Å². The Kier molecular flexibility index (Phi) is 5.70. The first kappa shape index (κ1) is 10.7. The second kappa shape index (κ2) is 5.34. The quantitative estimate of drug-likeness (QED) is 0.778. The van der Waals surface area contributed by atoms with Gasteiger partial charge in [0.15, 0.2) is 0 Å². The number of aromatic carboxylic acids is 1. The van der Waals surface area contributed by atoms with Crippen LogP contribution in [0.3, 0.4) is 0 Å². The molecule has 0 spiro atoms. The van der Waals surface area contributed by atoms with Crippen molar-refractivity contribution in [1.82, 2.24) is 4.98 Å². The van der Waals surface area contributed by atoms with Crippen LogP contribution in [0.4, 0.5) is 0 Å². The van der Waals surface area contributed by atoms with Crippen LogP contribution in [0.25, 0.3) is 0 Å². The van der Waals surface area contributed by atoms with E-state index in [1.54, 1.807) is 12.1 Å². The summed E-state index contributed by atoms with van der Waals surface area (Å²) in [5, 5.41) is 8.32. The number of carboxylic acids is 1. The molecule has 0 radical (unpaired) electrons. The Hall–Kier alpha value is 0.672. The van der Waals surface area contributed by atoms with Gasteiger partial charge in [-0.2, -0.15) is 0 Å². The molecule has 3 nitrogen and oxygen atoms in total. The summed E-state index contributed by atoms with van der Waals surface area (Å²) in [5.74, 6) is -0.990. The van der Waals surface area contributed by atoms with E-state index >= 15 is 0 Å². The molecule has 10 heavy (non-hydrogen) atoms. The Labute approximate surface area is 117 Å². The Balaban J connectivity index is 0.000000810. The van der Waals surface area contributed by atoms with E-state index in [-0.39, 0.29) is 74.6 Å². The van der Waals surface area contributed by atoms with Gasteiger partial charge in [0, 0.05) is 6.20 Å². The van der Waals surface area contributed by atoms with Gasteiger partial charge in [-0.1, -0.05) is 6.07 Å². The van der Waals surface area contributed by atoms with Crippen LogP contribution in [-0.4, -0.2) is 85.0 Å². The second-order valence-electron chi connectivity index (χ2n) is 1.52. The van der Waals surface area contributed by atoms with Gasteiger partial charge in [-0.3, -0.25) is 0 Å². The van der Waals surface area contributed by atoms with Gasteiger partial charge < -0.3 is 5.11 Å². The molecule has 0 saturated heterocycles. The Bertz CT molecular complexity index is 212. The minimum atomic E-state index is -0.990. The molecule has 0 saturated carbocycles. The third-order valence-electron chi connectivity index (χ3n) is 0.884. The van der Waals surface area contributed by atoms with Gasteiger partial charge in [-0.05, 0) is 12.1 Å². The first-order chi connectivity index (χ1) is 4.30. The van der Waals surface area contributed by atoms with Crippen LogP contribution in [-0.2, 0) is 0 Å². The number of hydrogen-bond acceptors (Lipinski definition) is 2. The van der Waals surface area contributed by atoms with E-state index in [0.29, 0.717) is 0 Å². The van der Waals surface area contributed by atoms with Crippen LogP contribution >= 0.6 is 0 Å². The predicted octanol–water partition coefficient (Wildman–Crippen LogP) is 0.131. The van der Waals surface area contributed by atoms with Crippen LogP contribution in [0, 0.1) is 0 Å². The van der Waals surface area contributed by atoms with Crippen molar-refractivity contribution in [3.63, 3.8) is 0 Å². The summed E-state index contributed by atoms with van der Waals surface area (Å²) in [4.78, 5) is 13.7. The van der Waals surface area contributed by atoms with Gasteiger partial charge in [-0.25, -0.2) is 9.78 Å². The van der Waals surface area contributed by atoms with E-state index in [1.807, 2.05) is 0 Å². The molecule has 48 valence electrons. The molecular formula is C6H6CsNO2. The predicted molar refractivity (Wildman–Crippen MR) is 38.3 cm³/mol. The molecule has 0 fully saturated rings. The summed E-state index contributed by atoms with van der Waals surface area (Å²) in [6.45, 7) is 0. The summed E-state index contributed by atoms with van der Waals surface area (Å²) in [6.07, 6.45) is 1.45. The fraction of sp³-hybridized carbons (Fsp3) is 0. The van der Waals surface area contributed by atoms with Crippen LogP contribution < -0.4 is 0 Å². The van der Waals surface area contributed by atoms with Gasteiger partial charge in [-0.15, -0.1) is 0 Å². The van der Waals surface area contributed by atoms with Crippen molar-refractivity contribution in [1.29, 1.82) is 0 Å². The Morgan fingerprint density at radius 3 is 2.50 bits per heavy atom. The standard InChI is InChI=1S/C6H5NO2.Cs.H/c8-6(9)5-3-1-2-4-7-5;;/h1-4H,(H,8,9);;. The zero-order valence-electron chi connectivity index (χ0n) is 4.61. The molecule has 1 aromatic rings. The van der Waals surface area contributed by atoms with E-state index < -0.39 is 5.97 Å². The summed E-state index contributed by atoms with van der Waals surface area (Å²) in [6, 6.07) is 4.76. The molecule has 0 unspecified atom stereocenters. The monoisotopic (exact) mass is 257 g/mol. The van der Waals surface area contributed by atoms with Crippen molar-refractivity contribution in [2.75, 3.05) is 0 Å². The normalized spacial score (nSPS) is 8.00. The van der Waals surface area contributed by atoms with E-state index in [1.165, 1.54) is 12.3 Å². The third kappa shape index (κ3) is 3.18. The molecule has 4 heteroatoms. The van der Waals surface area contributed by atoms with Crippen LogP contribution in [0.5, 0.6) is 0 Å². The first-order valence-corrected chi connectivity index (χ1v) is 2.45. The van der Waals surface area contributed by atoms with Gasteiger partial charge in [0.05, 0.1) is 0 Å². The molecule has 0 aliphatic heterocycles. The average molecular weight is 257 g/mol. The van der Waals surface area contributed by atoms with Crippen LogP contribution in [0.15, 0.2) is 24.4 Å². The second-order valence-corrected chi connectivity index (χ2v) is 1.52. The maximum atomic E-state index is 10.1. The van der Waals surface area contributed by atoms with Crippen molar-refractivity contribution in [3.8, 4) is 0 Å². The zero-order valence-corrected chi connectivity index (χ0v) is 4.61. The average Bonchev–Trinajstić information content (AvgIpc) is 1.90. The molecular weight excluding hydrogens is 251 g/mol. The molecule has 0 atom stereocenters. The molecule has 0 bridgehead atoms. The van der Waals surface area contributed by atoms with E-state index in [4.69, 9.17) is 5.11 Å². The number of rotatable bonds is 1. The van der Waals surface area contributed by atoms with Crippen molar-refractivity contribution in [2.24, 2.45) is 0 Å². The number of carboxylic acid groups (broad SMARTS) is 1. The van der Waals surface area contributed by atoms with Gasteiger partial charge in [0.1, 0.15) is 5.69 Å². The van der Waals surface area contributed by atoms with Crippen molar-refractivity contribution >= 4 is 74.9 Å².